The van der Waals surface area contributed by atoms with Gasteiger partial charge in [0.1, 0.15) is 6.04 Å². The minimum Gasteiger partial charge on any atom is -0.318 e. The largest absolute Gasteiger partial charge is 0.432 e. The van der Waals surface area contributed by atoms with Crippen LogP contribution < -0.4 is 5.73 Å². The Kier molecular flexibility index (Phi) is 1.56. The SMILES string of the molecule is N[C@H]1CN(P(=O)(O)O)C1=O. The predicted molar refractivity (Wildman–Crippen MR) is 31.7 cm³/mol. The van der Waals surface area contributed by atoms with Crippen molar-refractivity contribution in [1.29, 1.82) is 0 Å². The number of rotatable bonds is 1. The Morgan fingerprint density at radius 1 is 1.70 bits per heavy atom. The highest BCUT2D eigenvalue weighted by molar-refractivity contribution is 7.50. The molecule has 0 spiro atoms. The van der Waals surface area contributed by atoms with Gasteiger partial charge in [-0.3, -0.25) is 4.79 Å². The molecule has 0 bridgehead atoms. The third-order valence-electron chi connectivity index (χ3n) is 1.26. The van der Waals surface area contributed by atoms with Crippen molar-refractivity contribution in [3.63, 3.8) is 0 Å². The van der Waals surface area contributed by atoms with Crippen molar-refractivity contribution in [3.8, 4) is 0 Å². The molecule has 1 aliphatic rings. The molecular formula is C3H7N2O4P. The summed E-state index contributed by atoms with van der Waals surface area (Å²) in [7, 11) is -4.36. The molecular weight excluding hydrogens is 159 g/mol. The van der Waals surface area contributed by atoms with Crippen LogP contribution in [0.25, 0.3) is 0 Å². The van der Waals surface area contributed by atoms with E-state index in [1.807, 2.05) is 0 Å². The summed E-state index contributed by atoms with van der Waals surface area (Å²) in [6, 6.07) is -0.729. The Balaban J connectivity index is 2.65. The van der Waals surface area contributed by atoms with Crippen LogP contribution >= 0.6 is 7.75 Å². The zero-order valence-corrected chi connectivity index (χ0v) is 5.86. The van der Waals surface area contributed by atoms with Crippen molar-refractivity contribution in [2.45, 2.75) is 6.04 Å². The van der Waals surface area contributed by atoms with E-state index in [4.69, 9.17) is 15.5 Å². The van der Waals surface area contributed by atoms with Crippen LogP contribution in [0.1, 0.15) is 0 Å². The van der Waals surface area contributed by atoms with E-state index in [-0.39, 0.29) is 6.54 Å². The summed E-state index contributed by atoms with van der Waals surface area (Å²) >= 11 is 0. The molecule has 1 amide bonds. The molecule has 1 aliphatic heterocycles. The first kappa shape index (κ1) is 7.68. The summed E-state index contributed by atoms with van der Waals surface area (Å²) in [6.07, 6.45) is 0. The maximum absolute atomic E-state index is 10.5. The smallest absolute Gasteiger partial charge is 0.318 e. The topological polar surface area (TPSA) is 104 Å². The second-order valence-corrected chi connectivity index (χ2v) is 3.55. The Morgan fingerprint density at radius 3 is 2.30 bits per heavy atom. The number of carbonyl (C=O) groups excluding carboxylic acids is 1. The standard InChI is InChI=1S/C3H7N2O4P/c4-2-1-5(3(2)6)10(7,8)9/h2H,1,4H2,(H2,7,8,9)/t2-/m0/s1. The van der Waals surface area contributed by atoms with Gasteiger partial charge in [-0.15, -0.1) is 0 Å². The minimum atomic E-state index is -4.36. The summed E-state index contributed by atoms with van der Waals surface area (Å²) in [5.74, 6) is -0.687. The van der Waals surface area contributed by atoms with E-state index >= 15 is 0 Å². The third-order valence-corrected chi connectivity index (χ3v) is 2.25. The lowest BCUT2D eigenvalue weighted by atomic mass is 10.2. The van der Waals surface area contributed by atoms with Gasteiger partial charge >= 0.3 is 7.75 Å². The van der Waals surface area contributed by atoms with Gasteiger partial charge in [0.05, 0.1) is 6.54 Å². The van der Waals surface area contributed by atoms with Crippen LogP contribution in [0.5, 0.6) is 0 Å². The molecule has 1 fully saturated rings. The molecule has 7 heteroatoms. The Morgan fingerprint density at radius 2 is 2.20 bits per heavy atom. The molecule has 1 rings (SSSR count). The Hall–Kier alpha value is -0.420. The van der Waals surface area contributed by atoms with Crippen LogP contribution in [-0.2, 0) is 9.36 Å². The van der Waals surface area contributed by atoms with Crippen molar-refractivity contribution in [2.24, 2.45) is 5.73 Å². The lowest BCUT2D eigenvalue weighted by molar-refractivity contribution is -0.136. The summed E-state index contributed by atoms with van der Waals surface area (Å²) in [5, 5.41) is 0. The zero-order valence-electron chi connectivity index (χ0n) is 4.97. The molecule has 58 valence electrons. The number of β-lactam (4-membered cyclic amide) rings is 1. The molecule has 1 atom stereocenters. The maximum Gasteiger partial charge on any atom is 0.432 e. The molecule has 10 heavy (non-hydrogen) atoms. The quantitative estimate of drug-likeness (QED) is 0.316. The number of amides is 1. The molecule has 0 aliphatic carbocycles. The monoisotopic (exact) mass is 166 g/mol. The summed E-state index contributed by atoms with van der Waals surface area (Å²) in [4.78, 5) is 27.3. The third kappa shape index (κ3) is 1.06. The minimum absolute atomic E-state index is 0.0525. The van der Waals surface area contributed by atoms with Crippen LogP contribution in [-0.4, -0.2) is 33.0 Å². The fourth-order valence-corrected chi connectivity index (χ4v) is 1.46. The zero-order chi connectivity index (χ0) is 7.94. The first-order valence-electron chi connectivity index (χ1n) is 2.56. The second-order valence-electron chi connectivity index (χ2n) is 2.04. The van der Waals surface area contributed by atoms with Gasteiger partial charge in [-0.1, -0.05) is 0 Å². The number of carbonyl (C=O) groups is 1. The van der Waals surface area contributed by atoms with Gasteiger partial charge in [0, 0.05) is 0 Å². The van der Waals surface area contributed by atoms with E-state index in [1.54, 1.807) is 0 Å². The molecule has 1 saturated heterocycles. The van der Waals surface area contributed by atoms with E-state index in [2.05, 4.69) is 0 Å². The average molecular weight is 166 g/mol. The van der Waals surface area contributed by atoms with Crippen LogP contribution in [0.15, 0.2) is 0 Å². The first-order valence-corrected chi connectivity index (χ1v) is 4.12. The molecule has 0 unspecified atom stereocenters. The molecule has 0 aromatic heterocycles. The fraction of sp³-hybridized carbons (Fsp3) is 0.667. The van der Waals surface area contributed by atoms with Crippen LogP contribution in [0.2, 0.25) is 0 Å². The normalized spacial score (nSPS) is 26.5. The second kappa shape index (κ2) is 2.03. The number of hydrogen-bond acceptors (Lipinski definition) is 3. The predicted octanol–water partition coefficient (Wildman–Crippen LogP) is -1.75. The summed E-state index contributed by atoms with van der Waals surface area (Å²) in [5.41, 5.74) is 5.07. The molecule has 0 saturated carbocycles. The molecule has 1 heterocycles. The van der Waals surface area contributed by atoms with Gasteiger partial charge in [0.15, 0.2) is 0 Å². The number of nitrogens with zero attached hydrogens (tertiary/aromatic N) is 1. The highest BCUT2D eigenvalue weighted by Crippen LogP contribution is 2.43. The van der Waals surface area contributed by atoms with E-state index in [0.29, 0.717) is 4.67 Å². The maximum atomic E-state index is 10.5. The fourth-order valence-electron chi connectivity index (χ4n) is 0.668. The summed E-state index contributed by atoms with van der Waals surface area (Å²) in [6.45, 7) is -0.0525. The van der Waals surface area contributed by atoms with Crippen LogP contribution in [0.4, 0.5) is 0 Å². The highest BCUT2D eigenvalue weighted by atomic mass is 31.2. The van der Waals surface area contributed by atoms with Crippen molar-refractivity contribution < 1.29 is 19.1 Å². The van der Waals surface area contributed by atoms with Gasteiger partial charge in [0.2, 0.25) is 5.91 Å². The lowest BCUT2D eigenvalue weighted by Crippen LogP contribution is -2.58. The molecule has 0 aromatic carbocycles. The lowest BCUT2D eigenvalue weighted by Gasteiger charge is -2.35. The van der Waals surface area contributed by atoms with E-state index < -0.39 is 19.7 Å². The molecule has 0 aromatic rings. The first-order chi connectivity index (χ1) is 4.43. The van der Waals surface area contributed by atoms with Crippen LogP contribution in [0, 0.1) is 0 Å². The van der Waals surface area contributed by atoms with Gasteiger partial charge in [-0.2, -0.15) is 0 Å². The highest BCUT2D eigenvalue weighted by Gasteiger charge is 2.43. The van der Waals surface area contributed by atoms with E-state index in [9.17, 15) is 9.36 Å². The van der Waals surface area contributed by atoms with E-state index in [1.165, 1.54) is 0 Å². The average Bonchev–Trinajstić information content (AvgIpc) is 1.79. The molecule has 0 radical (unpaired) electrons. The summed E-state index contributed by atoms with van der Waals surface area (Å²) < 4.78 is 10.8. The van der Waals surface area contributed by atoms with Crippen molar-refractivity contribution >= 4 is 13.7 Å². The number of nitrogens with two attached hydrogens (primary N) is 1. The van der Waals surface area contributed by atoms with Crippen molar-refractivity contribution in [1.82, 2.24) is 4.67 Å². The van der Waals surface area contributed by atoms with Gasteiger partial charge in [-0.05, 0) is 0 Å². The molecule has 4 N–H and O–H groups in total. The number of hydrogen-bond donors (Lipinski definition) is 3. The molecule has 6 nitrogen and oxygen atoms in total. The van der Waals surface area contributed by atoms with Crippen molar-refractivity contribution in [3.05, 3.63) is 0 Å². The Bertz CT molecular complexity index is 211. The van der Waals surface area contributed by atoms with E-state index in [0.717, 1.165) is 0 Å². The van der Waals surface area contributed by atoms with Crippen LogP contribution in [0.3, 0.4) is 0 Å². The van der Waals surface area contributed by atoms with Gasteiger partial charge in [-0.25, -0.2) is 9.24 Å². The van der Waals surface area contributed by atoms with Gasteiger partial charge < -0.3 is 15.5 Å². The van der Waals surface area contributed by atoms with Gasteiger partial charge in [0.25, 0.3) is 0 Å². The Labute approximate surface area is 56.8 Å². The van der Waals surface area contributed by atoms with Crippen molar-refractivity contribution in [2.75, 3.05) is 6.54 Å².